The zero-order valence-corrected chi connectivity index (χ0v) is 13.6. The van der Waals surface area contributed by atoms with Crippen molar-refractivity contribution in [2.24, 2.45) is 5.14 Å². The quantitative estimate of drug-likeness (QED) is 0.901. The van der Waals surface area contributed by atoms with Gasteiger partial charge in [-0.15, -0.1) is 15.3 Å². The number of nitrogens with two attached hydrogens (primary N) is 1. The summed E-state index contributed by atoms with van der Waals surface area (Å²) in [6.07, 6.45) is 1.79. The van der Waals surface area contributed by atoms with Crippen molar-refractivity contribution in [3.05, 3.63) is 5.69 Å². The molecule has 21 heavy (non-hydrogen) atoms. The van der Waals surface area contributed by atoms with Crippen LogP contribution in [-0.2, 0) is 15.4 Å². The van der Waals surface area contributed by atoms with E-state index < -0.39 is 10.0 Å². The van der Waals surface area contributed by atoms with Gasteiger partial charge in [0.1, 0.15) is 4.88 Å². The maximum atomic E-state index is 11.7. The number of hydrogen-bond donors (Lipinski definition) is 1. The number of sulfonamides is 1. The van der Waals surface area contributed by atoms with Crippen molar-refractivity contribution in [3.8, 4) is 10.7 Å². The SMILES string of the molecule is CC(C)(C)c1nnsc1-c1nnc(S(N)(=O)=O)n1C1CC1. The van der Waals surface area contributed by atoms with Crippen LogP contribution in [0.2, 0.25) is 0 Å². The van der Waals surface area contributed by atoms with Crippen molar-refractivity contribution in [2.45, 2.75) is 50.2 Å². The third-order valence-electron chi connectivity index (χ3n) is 3.23. The average Bonchev–Trinajstić information content (AvgIpc) is 2.90. The summed E-state index contributed by atoms with van der Waals surface area (Å²) in [7, 11) is -3.90. The van der Waals surface area contributed by atoms with E-state index in [1.165, 1.54) is 11.5 Å². The van der Waals surface area contributed by atoms with E-state index in [4.69, 9.17) is 5.14 Å². The van der Waals surface area contributed by atoms with E-state index in [0.717, 1.165) is 23.4 Å². The van der Waals surface area contributed by atoms with Gasteiger partial charge in [-0.2, -0.15) is 0 Å². The molecule has 1 saturated carbocycles. The van der Waals surface area contributed by atoms with Crippen LogP contribution in [0.4, 0.5) is 0 Å². The summed E-state index contributed by atoms with van der Waals surface area (Å²) in [6, 6.07) is 0.0817. The average molecular weight is 328 g/mol. The molecule has 114 valence electrons. The summed E-state index contributed by atoms with van der Waals surface area (Å²) < 4.78 is 29.0. The first-order chi connectivity index (χ1) is 9.69. The molecule has 2 aromatic rings. The monoisotopic (exact) mass is 328 g/mol. The highest BCUT2D eigenvalue weighted by atomic mass is 32.2. The largest absolute Gasteiger partial charge is 0.293 e. The summed E-state index contributed by atoms with van der Waals surface area (Å²) in [6.45, 7) is 6.06. The second-order valence-electron chi connectivity index (χ2n) is 6.15. The standard InChI is InChI=1S/C11H16N6O2S2/c1-11(2,3)8-7(20-16-13-8)9-14-15-10(21(12,18)19)17(9)6-4-5-6/h6H,4-5H2,1-3H3,(H2,12,18,19). The molecule has 1 fully saturated rings. The third-order valence-corrected chi connectivity index (χ3v) is 4.74. The highest BCUT2D eigenvalue weighted by Gasteiger charge is 2.36. The summed E-state index contributed by atoms with van der Waals surface area (Å²) in [5.41, 5.74) is 0.563. The van der Waals surface area contributed by atoms with Crippen LogP contribution in [0.25, 0.3) is 10.7 Å². The molecule has 3 rings (SSSR count). The molecule has 2 aromatic heterocycles. The van der Waals surface area contributed by atoms with Gasteiger partial charge >= 0.3 is 0 Å². The smallest absolute Gasteiger partial charge is 0.273 e. The Morgan fingerprint density at radius 2 is 1.90 bits per heavy atom. The first-order valence-corrected chi connectivity index (χ1v) is 8.82. The number of nitrogens with zero attached hydrogens (tertiary/aromatic N) is 5. The van der Waals surface area contributed by atoms with Gasteiger partial charge in [-0.3, -0.25) is 4.57 Å². The van der Waals surface area contributed by atoms with Crippen molar-refractivity contribution in [1.82, 2.24) is 24.4 Å². The molecule has 0 bridgehead atoms. The molecule has 1 aliphatic carbocycles. The van der Waals surface area contributed by atoms with Gasteiger partial charge in [0.25, 0.3) is 15.2 Å². The van der Waals surface area contributed by atoms with E-state index in [-0.39, 0.29) is 16.6 Å². The molecule has 0 radical (unpaired) electrons. The number of aromatic nitrogens is 5. The van der Waals surface area contributed by atoms with E-state index in [0.29, 0.717) is 5.82 Å². The third kappa shape index (κ3) is 2.58. The van der Waals surface area contributed by atoms with Crippen LogP contribution in [0, 0.1) is 0 Å². The van der Waals surface area contributed by atoms with Gasteiger partial charge < -0.3 is 0 Å². The van der Waals surface area contributed by atoms with Crippen molar-refractivity contribution in [3.63, 3.8) is 0 Å². The summed E-state index contributed by atoms with van der Waals surface area (Å²) in [4.78, 5) is 0.747. The van der Waals surface area contributed by atoms with Crippen LogP contribution in [0.1, 0.15) is 45.3 Å². The lowest BCUT2D eigenvalue weighted by Gasteiger charge is -2.16. The van der Waals surface area contributed by atoms with Crippen molar-refractivity contribution < 1.29 is 8.42 Å². The maximum Gasteiger partial charge on any atom is 0.273 e. The van der Waals surface area contributed by atoms with Gasteiger partial charge in [-0.1, -0.05) is 25.3 Å². The Hall–Kier alpha value is -1.39. The minimum atomic E-state index is -3.90. The fourth-order valence-electron chi connectivity index (χ4n) is 2.12. The van der Waals surface area contributed by atoms with Crippen molar-refractivity contribution in [2.75, 3.05) is 0 Å². The van der Waals surface area contributed by atoms with Gasteiger partial charge in [0.2, 0.25) is 0 Å². The van der Waals surface area contributed by atoms with E-state index in [2.05, 4.69) is 19.8 Å². The lowest BCUT2D eigenvalue weighted by Crippen LogP contribution is -2.19. The zero-order valence-electron chi connectivity index (χ0n) is 11.9. The Morgan fingerprint density at radius 1 is 1.24 bits per heavy atom. The molecular formula is C11H16N6O2S2. The topological polar surface area (TPSA) is 117 Å². The number of hydrogen-bond acceptors (Lipinski definition) is 7. The van der Waals surface area contributed by atoms with Crippen LogP contribution in [0.3, 0.4) is 0 Å². The molecule has 0 saturated heterocycles. The molecule has 0 amide bonds. The van der Waals surface area contributed by atoms with Crippen LogP contribution in [0.5, 0.6) is 0 Å². The second-order valence-corrected chi connectivity index (χ2v) is 8.36. The number of primary sulfonamides is 1. The van der Waals surface area contributed by atoms with Gasteiger partial charge in [-0.25, -0.2) is 13.6 Å². The van der Waals surface area contributed by atoms with Gasteiger partial charge in [0.15, 0.2) is 5.82 Å². The molecular weight excluding hydrogens is 312 g/mol. The lowest BCUT2D eigenvalue weighted by atomic mass is 9.91. The molecule has 0 aliphatic heterocycles. The predicted octanol–water partition coefficient (Wildman–Crippen LogP) is 1.08. The fourth-order valence-corrected chi connectivity index (χ4v) is 3.64. The van der Waals surface area contributed by atoms with E-state index in [1.54, 1.807) is 4.57 Å². The van der Waals surface area contributed by atoms with Crippen LogP contribution < -0.4 is 5.14 Å². The Kier molecular flexibility index (Phi) is 3.15. The van der Waals surface area contributed by atoms with Gasteiger partial charge in [-0.05, 0) is 24.4 Å². The molecule has 2 heterocycles. The molecule has 1 aliphatic rings. The molecule has 2 N–H and O–H groups in total. The molecule has 0 unspecified atom stereocenters. The predicted molar refractivity (Wildman–Crippen MR) is 77.3 cm³/mol. The Labute approximate surface area is 126 Å². The normalized spacial score (nSPS) is 16.4. The summed E-state index contributed by atoms with van der Waals surface area (Å²) >= 11 is 1.19. The van der Waals surface area contributed by atoms with Crippen molar-refractivity contribution >= 4 is 21.6 Å². The van der Waals surface area contributed by atoms with Crippen LogP contribution in [0.15, 0.2) is 5.16 Å². The second kappa shape index (κ2) is 4.55. The molecule has 8 nitrogen and oxygen atoms in total. The van der Waals surface area contributed by atoms with Gasteiger partial charge in [0.05, 0.1) is 5.69 Å². The fraction of sp³-hybridized carbons (Fsp3) is 0.636. The zero-order chi connectivity index (χ0) is 15.4. The molecule has 0 aromatic carbocycles. The van der Waals surface area contributed by atoms with Gasteiger partial charge in [0, 0.05) is 11.5 Å². The molecule has 10 heteroatoms. The van der Waals surface area contributed by atoms with E-state index in [1.807, 2.05) is 20.8 Å². The van der Waals surface area contributed by atoms with Crippen LogP contribution in [-0.4, -0.2) is 32.8 Å². The first kappa shape index (κ1) is 14.5. The maximum absolute atomic E-state index is 11.7. The van der Waals surface area contributed by atoms with E-state index in [9.17, 15) is 8.42 Å². The minimum absolute atomic E-state index is 0.0817. The minimum Gasteiger partial charge on any atom is -0.293 e. The lowest BCUT2D eigenvalue weighted by molar-refractivity contribution is 0.562. The Bertz CT molecular complexity index is 782. The van der Waals surface area contributed by atoms with Crippen molar-refractivity contribution in [1.29, 1.82) is 0 Å². The number of rotatable bonds is 3. The Morgan fingerprint density at radius 3 is 2.43 bits per heavy atom. The highest BCUT2D eigenvalue weighted by Crippen LogP contribution is 2.42. The van der Waals surface area contributed by atoms with Crippen LogP contribution >= 0.6 is 11.5 Å². The molecule has 0 atom stereocenters. The first-order valence-electron chi connectivity index (χ1n) is 6.50. The summed E-state index contributed by atoms with van der Waals surface area (Å²) in [5, 5.41) is 17.0. The highest BCUT2D eigenvalue weighted by molar-refractivity contribution is 7.89. The molecule has 0 spiro atoms. The summed E-state index contributed by atoms with van der Waals surface area (Å²) in [5.74, 6) is 0.487. The van der Waals surface area contributed by atoms with E-state index >= 15 is 0 Å². The Balaban J connectivity index is 2.21.